The first kappa shape index (κ1) is 10.3. The van der Waals surface area contributed by atoms with Gasteiger partial charge in [-0.15, -0.1) is 10.2 Å². The van der Waals surface area contributed by atoms with Gasteiger partial charge in [0, 0.05) is 17.9 Å². The average Bonchev–Trinajstić information content (AvgIpc) is 2.21. The predicted molar refractivity (Wildman–Crippen MR) is 52.6 cm³/mol. The SMILES string of the molecule is [N-]=[N+]=NCCC#Cc1ccc(Cl)nn1. The number of hydrogen-bond donors (Lipinski definition) is 0. The van der Waals surface area contributed by atoms with Crippen molar-refractivity contribution in [2.24, 2.45) is 5.11 Å². The fraction of sp³-hybridized carbons (Fsp3) is 0.250. The molecule has 70 valence electrons. The molecular formula is C8H6ClN5. The summed E-state index contributed by atoms with van der Waals surface area (Å²) >= 11 is 5.54. The maximum absolute atomic E-state index is 7.99. The molecule has 0 atom stereocenters. The molecule has 0 radical (unpaired) electrons. The van der Waals surface area contributed by atoms with Crippen LogP contribution >= 0.6 is 11.6 Å². The third-order valence-corrected chi connectivity index (χ3v) is 1.45. The minimum absolute atomic E-state index is 0.338. The van der Waals surface area contributed by atoms with Crippen LogP contribution in [0.15, 0.2) is 17.2 Å². The average molecular weight is 208 g/mol. The number of rotatable bonds is 2. The van der Waals surface area contributed by atoms with Gasteiger partial charge in [-0.1, -0.05) is 22.6 Å². The Hall–Kier alpha value is -1.76. The van der Waals surface area contributed by atoms with Crippen LogP contribution in [0.3, 0.4) is 0 Å². The van der Waals surface area contributed by atoms with Crippen LogP contribution < -0.4 is 0 Å². The van der Waals surface area contributed by atoms with Crippen molar-refractivity contribution in [3.63, 3.8) is 0 Å². The van der Waals surface area contributed by atoms with E-state index >= 15 is 0 Å². The lowest BCUT2D eigenvalue weighted by atomic mass is 10.3. The molecule has 0 amide bonds. The third kappa shape index (κ3) is 3.76. The molecule has 14 heavy (non-hydrogen) atoms. The largest absolute Gasteiger partial charge is 0.151 e. The Morgan fingerprint density at radius 3 is 3.00 bits per heavy atom. The van der Waals surface area contributed by atoms with E-state index in [9.17, 15) is 0 Å². The smallest absolute Gasteiger partial charge is 0.140 e. The first-order chi connectivity index (χ1) is 6.83. The van der Waals surface area contributed by atoms with Crippen molar-refractivity contribution in [3.05, 3.63) is 33.4 Å². The summed E-state index contributed by atoms with van der Waals surface area (Å²) in [4.78, 5) is 2.60. The van der Waals surface area contributed by atoms with Crippen molar-refractivity contribution >= 4 is 11.6 Å². The van der Waals surface area contributed by atoms with Crippen LogP contribution in [0.2, 0.25) is 5.15 Å². The Morgan fingerprint density at radius 1 is 1.50 bits per heavy atom. The molecule has 0 fully saturated rings. The molecule has 0 aliphatic rings. The van der Waals surface area contributed by atoms with Gasteiger partial charge in [0.25, 0.3) is 0 Å². The van der Waals surface area contributed by atoms with Crippen LogP contribution in [-0.2, 0) is 0 Å². The van der Waals surface area contributed by atoms with E-state index in [0.29, 0.717) is 23.8 Å². The van der Waals surface area contributed by atoms with Gasteiger partial charge in [-0.3, -0.25) is 0 Å². The van der Waals surface area contributed by atoms with Crippen molar-refractivity contribution in [3.8, 4) is 11.8 Å². The number of aromatic nitrogens is 2. The van der Waals surface area contributed by atoms with Gasteiger partial charge >= 0.3 is 0 Å². The highest BCUT2D eigenvalue weighted by Gasteiger charge is 1.89. The highest BCUT2D eigenvalue weighted by molar-refractivity contribution is 6.29. The van der Waals surface area contributed by atoms with Gasteiger partial charge in [0.05, 0.1) is 0 Å². The fourth-order valence-corrected chi connectivity index (χ4v) is 0.787. The number of hydrogen-bond acceptors (Lipinski definition) is 3. The molecule has 1 aromatic heterocycles. The van der Waals surface area contributed by atoms with E-state index in [4.69, 9.17) is 17.1 Å². The normalized spacial score (nSPS) is 8.36. The number of nitrogens with zero attached hydrogens (tertiary/aromatic N) is 5. The standard InChI is InChI=1S/C8H6ClN5/c9-8-5-4-7(12-13-8)3-1-2-6-11-14-10/h4-5H,2,6H2. The van der Waals surface area contributed by atoms with Crippen LogP contribution in [0.4, 0.5) is 0 Å². The maximum atomic E-state index is 7.99. The minimum atomic E-state index is 0.338. The van der Waals surface area contributed by atoms with Gasteiger partial charge in [-0.25, -0.2) is 0 Å². The lowest BCUT2D eigenvalue weighted by Crippen LogP contribution is -1.86. The molecule has 0 aliphatic heterocycles. The Balaban J connectivity index is 2.51. The second kappa shape index (κ2) is 5.81. The van der Waals surface area contributed by atoms with Gasteiger partial charge < -0.3 is 0 Å². The molecule has 0 N–H and O–H groups in total. The molecule has 0 aromatic carbocycles. The van der Waals surface area contributed by atoms with Crippen molar-refractivity contribution in [2.75, 3.05) is 6.54 Å². The van der Waals surface area contributed by atoms with Crippen LogP contribution in [0, 0.1) is 11.8 Å². The molecule has 0 bridgehead atoms. The monoisotopic (exact) mass is 207 g/mol. The molecule has 1 heterocycles. The highest BCUT2D eigenvalue weighted by atomic mass is 35.5. The van der Waals surface area contributed by atoms with Crippen molar-refractivity contribution in [2.45, 2.75) is 6.42 Å². The molecule has 0 unspecified atom stereocenters. The maximum Gasteiger partial charge on any atom is 0.151 e. The lowest BCUT2D eigenvalue weighted by molar-refractivity contribution is 1.00. The molecule has 0 saturated heterocycles. The van der Waals surface area contributed by atoms with E-state index in [1.807, 2.05) is 0 Å². The summed E-state index contributed by atoms with van der Waals surface area (Å²) in [5, 5.41) is 11.0. The quantitative estimate of drug-likeness (QED) is 0.245. The van der Waals surface area contributed by atoms with Gasteiger partial charge in [-0.05, 0) is 23.6 Å². The summed E-state index contributed by atoms with van der Waals surface area (Å²) < 4.78 is 0. The molecule has 0 saturated carbocycles. The summed E-state index contributed by atoms with van der Waals surface area (Å²) in [6.07, 6.45) is 0.508. The van der Waals surface area contributed by atoms with Gasteiger partial charge in [0.1, 0.15) is 5.69 Å². The van der Waals surface area contributed by atoms with E-state index in [2.05, 4.69) is 32.1 Å². The summed E-state index contributed by atoms with van der Waals surface area (Å²) in [5.74, 6) is 5.56. The summed E-state index contributed by atoms with van der Waals surface area (Å²) in [5.41, 5.74) is 8.54. The Morgan fingerprint density at radius 2 is 2.36 bits per heavy atom. The Kier molecular flexibility index (Phi) is 4.29. The zero-order valence-corrected chi connectivity index (χ0v) is 7.94. The Labute approximate surface area is 85.7 Å². The molecule has 0 spiro atoms. The van der Waals surface area contributed by atoms with E-state index in [1.165, 1.54) is 0 Å². The number of azide groups is 1. The molecule has 5 nitrogen and oxygen atoms in total. The fourth-order valence-electron chi connectivity index (χ4n) is 0.686. The van der Waals surface area contributed by atoms with Gasteiger partial charge in [0.15, 0.2) is 5.15 Å². The van der Waals surface area contributed by atoms with Crippen LogP contribution in [0.25, 0.3) is 10.4 Å². The second-order valence-electron chi connectivity index (χ2n) is 2.25. The highest BCUT2D eigenvalue weighted by Crippen LogP contribution is 2.00. The van der Waals surface area contributed by atoms with Crippen LogP contribution in [-0.4, -0.2) is 16.7 Å². The number of halogens is 1. The van der Waals surface area contributed by atoms with E-state index < -0.39 is 0 Å². The second-order valence-corrected chi connectivity index (χ2v) is 2.63. The third-order valence-electron chi connectivity index (χ3n) is 1.25. The Bertz CT molecular complexity index is 396. The van der Waals surface area contributed by atoms with Crippen molar-refractivity contribution < 1.29 is 0 Å². The zero-order valence-electron chi connectivity index (χ0n) is 7.18. The first-order valence-corrected chi connectivity index (χ1v) is 4.19. The zero-order chi connectivity index (χ0) is 10.2. The van der Waals surface area contributed by atoms with Crippen molar-refractivity contribution in [1.82, 2.24) is 10.2 Å². The summed E-state index contributed by atoms with van der Waals surface area (Å²) in [7, 11) is 0. The van der Waals surface area contributed by atoms with Crippen LogP contribution in [0.5, 0.6) is 0 Å². The topological polar surface area (TPSA) is 74.5 Å². The lowest BCUT2D eigenvalue weighted by Gasteiger charge is -1.87. The molecule has 1 rings (SSSR count). The van der Waals surface area contributed by atoms with Gasteiger partial charge in [-0.2, -0.15) is 0 Å². The predicted octanol–water partition coefficient (Wildman–Crippen LogP) is 2.18. The first-order valence-electron chi connectivity index (χ1n) is 3.82. The van der Waals surface area contributed by atoms with Gasteiger partial charge in [0.2, 0.25) is 0 Å². The van der Waals surface area contributed by atoms with E-state index in [0.717, 1.165) is 0 Å². The molecule has 0 aliphatic carbocycles. The molecule has 1 aromatic rings. The van der Waals surface area contributed by atoms with E-state index in [-0.39, 0.29) is 0 Å². The molecular weight excluding hydrogens is 202 g/mol. The molecule has 6 heteroatoms. The van der Waals surface area contributed by atoms with E-state index in [1.54, 1.807) is 12.1 Å². The van der Waals surface area contributed by atoms with Crippen molar-refractivity contribution in [1.29, 1.82) is 0 Å². The minimum Gasteiger partial charge on any atom is -0.140 e. The summed E-state index contributed by atoms with van der Waals surface area (Å²) in [6, 6.07) is 3.29. The van der Waals surface area contributed by atoms with Crippen LogP contribution in [0.1, 0.15) is 12.1 Å². The summed E-state index contributed by atoms with van der Waals surface area (Å²) in [6.45, 7) is 0.366.